The van der Waals surface area contributed by atoms with Gasteiger partial charge in [-0.2, -0.15) is 0 Å². The Bertz CT molecular complexity index is 350. The minimum absolute atomic E-state index is 0.385. The van der Waals surface area contributed by atoms with Crippen LogP contribution in [0.3, 0.4) is 0 Å². The van der Waals surface area contributed by atoms with Crippen LogP contribution in [0.2, 0.25) is 0 Å². The van der Waals surface area contributed by atoms with Crippen molar-refractivity contribution in [3.63, 3.8) is 0 Å². The summed E-state index contributed by atoms with van der Waals surface area (Å²) in [7, 11) is 0. The van der Waals surface area contributed by atoms with Crippen LogP contribution in [0.5, 0.6) is 0 Å². The van der Waals surface area contributed by atoms with Gasteiger partial charge in [0.05, 0.1) is 0 Å². The Balaban J connectivity index is 2.24. The summed E-state index contributed by atoms with van der Waals surface area (Å²) in [5.41, 5.74) is 1.86. The van der Waals surface area contributed by atoms with Crippen LogP contribution in [0.15, 0.2) is 28.7 Å². The Morgan fingerprint density at radius 2 is 2.13 bits per heavy atom. The van der Waals surface area contributed by atoms with Crippen LogP contribution < -0.4 is 5.32 Å². The summed E-state index contributed by atoms with van der Waals surface area (Å²) in [5.74, 6) is 0.801. The van der Waals surface area contributed by atoms with Gasteiger partial charge in [0, 0.05) is 16.4 Å². The second-order valence-electron chi connectivity index (χ2n) is 4.52. The zero-order chi connectivity index (χ0) is 10.9. The van der Waals surface area contributed by atoms with Gasteiger partial charge in [0.25, 0.3) is 0 Å². The van der Waals surface area contributed by atoms with E-state index in [0.29, 0.717) is 5.41 Å². The van der Waals surface area contributed by atoms with Crippen molar-refractivity contribution in [1.82, 2.24) is 5.32 Å². The molecule has 1 N–H and O–H groups in total. The van der Waals surface area contributed by atoms with Gasteiger partial charge in [-0.15, -0.1) is 0 Å². The highest BCUT2D eigenvalue weighted by atomic mass is 79.9. The molecule has 2 heteroatoms. The smallest absolute Gasteiger partial charge is 0.0213 e. The first-order chi connectivity index (χ1) is 7.20. The molecule has 0 aromatic heterocycles. The maximum Gasteiger partial charge on any atom is 0.0213 e. The minimum atomic E-state index is 0.385. The maximum atomic E-state index is 3.66. The molecule has 1 aromatic rings. The first-order valence-corrected chi connectivity index (χ1v) is 6.45. The molecule has 15 heavy (non-hydrogen) atoms. The van der Waals surface area contributed by atoms with Crippen molar-refractivity contribution in [3.8, 4) is 0 Å². The quantitative estimate of drug-likeness (QED) is 0.883. The van der Waals surface area contributed by atoms with Crippen molar-refractivity contribution in [2.75, 3.05) is 13.1 Å². The molecule has 0 saturated heterocycles. The van der Waals surface area contributed by atoms with E-state index in [-0.39, 0.29) is 0 Å². The predicted molar refractivity (Wildman–Crippen MR) is 68.1 cm³/mol. The largest absolute Gasteiger partial charge is 0.316 e. The number of nitrogens with one attached hydrogen (secondary N) is 1. The van der Waals surface area contributed by atoms with Crippen molar-refractivity contribution < 1.29 is 0 Å². The van der Waals surface area contributed by atoms with E-state index in [4.69, 9.17) is 0 Å². The Morgan fingerprint density at radius 3 is 2.67 bits per heavy atom. The fraction of sp³-hybridized carbons (Fsp3) is 0.538. The predicted octanol–water partition coefficient (Wildman–Crippen LogP) is 3.34. The molecule has 1 aliphatic rings. The molecule has 2 rings (SSSR count). The number of likely N-dealkylation sites (N-methyl/N-ethyl adjacent to an activating group) is 1. The molecule has 2 unspecified atom stereocenters. The van der Waals surface area contributed by atoms with Crippen molar-refractivity contribution in [2.24, 2.45) is 5.92 Å². The number of benzene rings is 1. The lowest BCUT2D eigenvalue weighted by Gasteiger charge is -2.19. The molecule has 0 radical (unpaired) electrons. The Morgan fingerprint density at radius 1 is 1.47 bits per heavy atom. The molecule has 0 amide bonds. The molecule has 1 aliphatic carbocycles. The van der Waals surface area contributed by atoms with Gasteiger partial charge in [0.15, 0.2) is 0 Å². The maximum absolute atomic E-state index is 3.66. The fourth-order valence-electron chi connectivity index (χ4n) is 2.42. The minimum Gasteiger partial charge on any atom is -0.316 e. The summed E-state index contributed by atoms with van der Waals surface area (Å²) >= 11 is 3.66. The Kier molecular flexibility index (Phi) is 3.17. The third kappa shape index (κ3) is 1.98. The van der Waals surface area contributed by atoms with E-state index in [9.17, 15) is 0 Å². The summed E-state index contributed by atoms with van der Waals surface area (Å²) < 4.78 is 1.26. The third-order valence-corrected chi connectivity index (χ3v) is 4.25. The van der Waals surface area contributed by atoms with Crippen molar-refractivity contribution >= 4 is 15.9 Å². The van der Waals surface area contributed by atoms with Gasteiger partial charge in [0.2, 0.25) is 0 Å². The summed E-state index contributed by atoms with van der Waals surface area (Å²) in [6.07, 6.45) is 1.31. The summed E-state index contributed by atoms with van der Waals surface area (Å²) in [6.45, 7) is 6.67. The van der Waals surface area contributed by atoms with Gasteiger partial charge < -0.3 is 5.32 Å². The SMILES string of the molecule is CCNCC1(c2ccccc2Br)CC1C. The second kappa shape index (κ2) is 4.26. The summed E-state index contributed by atoms with van der Waals surface area (Å²) in [4.78, 5) is 0. The topological polar surface area (TPSA) is 12.0 Å². The van der Waals surface area contributed by atoms with Crippen LogP contribution in [-0.2, 0) is 5.41 Å². The van der Waals surface area contributed by atoms with Gasteiger partial charge in [-0.25, -0.2) is 0 Å². The van der Waals surface area contributed by atoms with Crippen molar-refractivity contribution in [1.29, 1.82) is 0 Å². The summed E-state index contributed by atoms with van der Waals surface area (Å²) in [5, 5.41) is 3.49. The Hall–Kier alpha value is -0.340. The molecule has 0 spiro atoms. The highest BCUT2D eigenvalue weighted by Crippen LogP contribution is 2.55. The van der Waals surface area contributed by atoms with Crippen LogP contribution >= 0.6 is 15.9 Å². The average molecular weight is 268 g/mol. The van der Waals surface area contributed by atoms with E-state index in [0.717, 1.165) is 19.0 Å². The lowest BCUT2D eigenvalue weighted by molar-refractivity contribution is 0.554. The van der Waals surface area contributed by atoms with E-state index in [1.54, 1.807) is 0 Å². The number of rotatable bonds is 4. The molecule has 1 nitrogen and oxygen atoms in total. The molecule has 1 fully saturated rings. The van der Waals surface area contributed by atoms with Crippen LogP contribution in [0.1, 0.15) is 25.8 Å². The molecule has 2 atom stereocenters. The number of halogens is 1. The van der Waals surface area contributed by atoms with Crippen LogP contribution in [0, 0.1) is 5.92 Å². The van der Waals surface area contributed by atoms with Gasteiger partial charge in [-0.1, -0.05) is 48.0 Å². The van der Waals surface area contributed by atoms with E-state index < -0.39 is 0 Å². The van der Waals surface area contributed by atoms with Gasteiger partial charge in [-0.05, 0) is 30.5 Å². The van der Waals surface area contributed by atoms with E-state index >= 15 is 0 Å². The lowest BCUT2D eigenvalue weighted by Crippen LogP contribution is -2.28. The molecule has 1 aromatic carbocycles. The number of hydrogen-bond acceptors (Lipinski definition) is 1. The normalized spacial score (nSPS) is 29.1. The highest BCUT2D eigenvalue weighted by Gasteiger charge is 2.52. The van der Waals surface area contributed by atoms with E-state index in [2.05, 4.69) is 59.4 Å². The Labute approximate surface area is 100 Å². The van der Waals surface area contributed by atoms with Gasteiger partial charge in [0.1, 0.15) is 0 Å². The third-order valence-electron chi connectivity index (χ3n) is 3.55. The molecule has 0 bridgehead atoms. The molecular weight excluding hydrogens is 250 g/mol. The van der Waals surface area contributed by atoms with Crippen LogP contribution in [0.4, 0.5) is 0 Å². The zero-order valence-electron chi connectivity index (χ0n) is 9.39. The summed E-state index contributed by atoms with van der Waals surface area (Å²) in [6, 6.07) is 8.62. The number of hydrogen-bond donors (Lipinski definition) is 1. The van der Waals surface area contributed by atoms with Gasteiger partial charge >= 0.3 is 0 Å². The van der Waals surface area contributed by atoms with Crippen LogP contribution in [-0.4, -0.2) is 13.1 Å². The molecule has 1 saturated carbocycles. The first-order valence-electron chi connectivity index (χ1n) is 5.66. The van der Waals surface area contributed by atoms with E-state index in [1.807, 2.05) is 0 Å². The average Bonchev–Trinajstić information content (AvgIpc) is 2.88. The van der Waals surface area contributed by atoms with Crippen molar-refractivity contribution in [3.05, 3.63) is 34.3 Å². The van der Waals surface area contributed by atoms with Crippen LogP contribution in [0.25, 0.3) is 0 Å². The molecule has 82 valence electrons. The molecular formula is C13H18BrN. The standard InChI is InChI=1S/C13H18BrN/c1-3-15-9-13(8-10(13)2)11-6-4-5-7-12(11)14/h4-7,10,15H,3,8-9H2,1-2H3. The molecule has 0 heterocycles. The molecule has 0 aliphatic heterocycles. The zero-order valence-corrected chi connectivity index (χ0v) is 11.0. The lowest BCUT2D eigenvalue weighted by atomic mass is 9.93. The highest BCUT2D eigenvalue weighted by molar-refractivity contribution is 9.10. The monoisotopic (exact) mass is 267 g/mol. The van der Waals surface area contributed by atoms with Crippen molar-refractivity contribution in [2.45, 2.75) is 25.7 Å². The first kappa shape index (κ1) is 11.2. The second-order valence-corrected chi connectivity index (χ2v) is 5.38. The van der Waals surface area contributed by atoms with Gasteiger partial charge in [-0.3, -0.25) is 0 Å². The van der Waals surface area contributed by atoms with E-state index in [1.165, 1.54) is 16.5 Å². The fourth-order valence-corrected chi connectivity index (χ4v) is 3.10.